The van der Waals surface area contributed by atoms with Crippen molar-refractivity contribution in [2.75, 3.05) is 11.4 Å². The number of rotatable bonds is 5. The first kappa shape index (κ1) is 17.2. The number of aliphatic hydroxyl groups is 1. The Labute approximate surface area is 157 Å². The molecule has 1 amide bonds. The molecule has 2 aromatic carbocycles. The zero-order valence-corrected chi connectivity index (χ0v) is 15.0. The van der Waals surface area contributed by atoms with Crippen LogP contribution in [0.15, 0.2) is 73.1 Å². The summed E-state index contributed by atoms with van der Waals surface area (Å²) < 4.78 is 1.94. The van der Waals surface area contributed by atoms with E-state index in [0.29, 0.717) is 23.4 Å². The van der Waals surface area contributed by atoms with E-state index in [4.69, 9.17) is 0 Å². The number of anilines is 1. The van der Waals surface area contributed by atoms with Crippen molar-refractivity contribution in [3.8, 4) is 5.69 Å². The molecule has 136 valence electrons. The number of amides is 1. The minimum atomic E-state index is -1.82. The molecule has 1 atom stereocenters. The van der Waals surface area contributed by atoms with Gasteiger partial charge in [-0.05, 0) is 49.4 Å². The first-order chi connectivity index (χ1) is 13.0. The highest BCUT2D eigenvalue weighted by molar-refractivity contribution is 6.10. The largest absolute Gasteiger partial charge is 0.375 e. The monoisotopic (exact) mass is 360 g/mol. The Hall–Kier alpha value is -3.18. The highest BCUT2D eigenvalue weighted by Gasteiger charge is 2.50. The Kier molecular flexibility index (Phi) is 4.16. The van der Waals surface area contributed by atoms with Gasteiger partial charge < -0.3 is 14.6 Å². The smallest absolute Gasteiger partial charge is 0.264 e. The van der Waals surface area contributed by atoms with Crippen LogP contribution in [0.2, 0.25) is 0 Å². The van der Waals surface area contributed by atoms with Gasteiger partial charge in [0.15, 0.2) is 11.4 Å². The molecule has 0 radical (unpaired) electrons. The fourth-order valence-electron chi connectivity index (χ4n) is 3.65. The van der Waals surface area contributed by atoms with E-state index in [1.54, 1.807) is 30.3 Å². The number of carbonyl (C=O) groups is 2. The van der Waals surface area contributed by atoms with Gasteiger partial charge in [0.2, 0.25) is 0 Å². The normalized spacial score (nSPS) is 18.6. The molecule has 1 aromatic heterocycles. The van der Waals surface area contributed by atoms with E-state index >= 15 is 0 Å². The molecule has 2 heterocycles. The fourth-order valence-corrected chi connectivity index (χ4v) is 3.65. The topological polar surface area (TPSA) is 62.5 Å². The van der Waals surface area contributed by atoms with Gasteiger partial charge in [-0.15, -0.1) is 0 Å². The van der Waals surface area contributed by atoms with Gasteiger partial charge in [0, 0.05) is 35.8 Å². The Balaban J connectivity index is 1.61. The Morgan fingerprint density at radius 1 is 1.00 bits per heavy atom. The second-order valence-electron chi connectivity index (χ2n) is 6.66. The maximum atomic E-state index is 12.8. The van der Waals surface area contributed by atoms with Crippen LogP contribution in [0.5, 0.6) is 0 Å². The Bertz CT molecular complexity index is 993. The van der Waals surface area contributed by atoms with E-state index in [0.717, 1.165) is 5.69 Å². The molecular weight excluding hydrogens is 340 g/mol. The summed E-state index contributed by atoms with van der Waals surface area (Å²) in [4.78, 5) is 27.2. The highest BCUT2D eigenvalue weighted by atomic mass is 16.3. The third-order valence-corrected chi connectivity index (χ3v) is 5.06. The number of nitrogens with zero attached hydrogens (tertiary/aromatic N) is 2. The molecule has 1 N–H and O–H groups in total. The number of ketones is 1. The SMILES string of the molecule is CCN1C(=O)[C@@](O)(CC(=O)c2ccc(-n3cccc3)cc2)c2ccccc21. The van der Waals surface area contributed by atoms with Gasteiger partial charge in [-0.25, -0.2) is 0 Å². The molecular formula is C22H20N2O3. The average Bonchev–Trinajstić information content (AvgIpc) is 3.29. The summed E-state index contributed by atoms with van der Waals surface area (Å²) in [5, 5.41) is 11.1. The zero-order chi connectivity index (χ0) is 19.0. The third kappa shape index (κ3) is 2.76. The summed E-state index contributed by atoms with van der Waals surface area (Å²) in [7, 11) is 0. The summed E-state index contributed by atoms with van der Waals surface area (Å²) in [6, 6.07) is 18.1. The molecule has 0 spiro atoms. The number of benzene rings is 2. The fraction of sp³-hybridized carbons (Fsp3) is 0.182. The predicted octanol–water partition coefficient (Wildman–Crippen LogP) is 3.30. The van der Waals surface area contributed by atoms with Crippen molar-refractivity contribution in [1.29, 1.82) is 0 Å². The first-order valence-corrected chi connectivity index (χ1v) is 8.95. The molecule has 0 saturated heterocycles. The van der Waals surface area contributed by atoms with Gasteiger partial charge in [0.1, 0.15) is 0 Å². The zero-order valence-electron chi connectivity index (χ0n) is 15.0. The van der Waals surface area contributed by atoms with Gasteiger partial charge >= 0.3 is 0 Å². The van der Waals surface area contributed by atoms with Crippen molar-refractivity contribution in [3.05, 3.63) is 84.2 Å². The molecule has 5 nitrogen and oxygen atoms in total. The maximum absolute atomic E-state index is 12.8. The molecule has 1 aliphatic rings. The lowest BCUT2D eigenvalue weighted by atomic mass is 9.88. The van der Waals surface area contributed by atoms with Crippen LogP contribution in [0.25, 0.3) is 5.69 Å². The lowest BCUT2D eigenvalue weighted by Gasteiger charge is -2.22. The van der Waals surface area contributed by atoms with Gasteiger partial charge in [-0.1, -0.05) is 18.2 Å². The molecule has 4 rings (SSSR count). The number of likely N-dealkylation sites (N-methyl/N-ethyl adjacent to an activating group) is 1. The summed E-state index contributed by atoms with van der Waals surface area (Å²) in [5.41, 5.74) is 0.759. The van der Waals surface area contributed by atoms with Crippen LogP contribution in [-0.2, 0) is 10.4 Å². The molecule has 0 unspecified atom stereocenters. The lowest BCUT2D eigenvalue weighted by molar-refractivity contribution is -0.135. The van der Waals surface area contributed by atoms with E-state index in [2.05, 4.69) is 0 Å². The quantitative estimate of drug-likeness (QED) is 0.710. The standard InChI is InChI=1S/C22H20N2O3/c1-2-24-19-8-4-3-7-18(19)22(27,21(24)26)15-20(25)16-9-11-17(12-10-16)23-13-5-6-14-23/h3-14,27H,2,15H2,1H3/t22-/m1/s1. The number of fused-ring (bicyclic) bond motifs is 1. The van der Waals surface area contributed by atoms with Crippen molar-refractivity contribution in [2.24, 2.45) is 0 Å². The molecule has 1 aliphatic heterocycles. The Morgan fingerprint density at radius 3 is 2.33 bits per heavy atom. The van der Waals surface area contributed by atoms with Crippen LogP contribution in [-0.4, -0.2) is 27.9 Å². The number of para-hydroxylation sites is 1. The minimum absolute atomic E-state index is 0.266. The van der Waals surface area contributed by atoms with E-state index < -0.39 is 11.5 Å². The summed E-state index contributed by atoms with van der Waals surface area (Å²) in [6.45, 7) is 2.29. The maximum Gasteiger partial charge on any atom is 0.264 e. The van der Waals surface area contributed by atoms with E-state index in [-0.39, 0.29) is 12.2 Å². The van der Waals surface area contributed by atoms with Crippen LogP contribution in [0.4, 0.5) is 5.69 Å². The van der Waals surface area contributed by atoms with Gasteiger partial charge in [0.25, 0.3) is 5.91 Å². The first-order valence-electron chi connectivity index (χ1n) is 8.95. The second kappa shape index (κ2) is 6.52. The molecule has 3 aromatic rings. The number of aromatic nitrogens is 1. The highest BCUT2D eigenvalue weighted by Crippen LogP contribution is 2.42. The molecule has 0 aliphatic carbocycles. The van der Waals surface area contributed by atoms with Gasteiger partial charge in [-0.2, -0.15) is 0 Å². The van der Waals surface area contributed by atoms with Crippen molar-refractivity contribution < 1.29 is 14.7 Å². The summed E-state index contributed by atoms with van der Waals surface area (Å²) in [6.07, 6.45) is 3.57. The molecule has 27 heavy (non-hydrogen) atoms. The van der Waals surface area contributed by atoms with E-state index in [1.807, 2.05) is 54.2 Å². The lowest BCUT2D eigenvalue weighted by Crippen LogP contribution is -2.41. The van der Waals surface area contributed by atoms with Crippen LogP contribution in [0, 0.1) is 0 Å². The van der Waals surface area contributed by atoms with Gasteiger partial charge in [0.05, 0.1) is 12.1 Å². The summed E-state index contributed by atoms with van der Waals surface area (Å²) >= 11 is 0. The number of hydrogen-bond donors (Lipinski definition) is 1. The third-order valence-electron chi connectivity index (χ3n) is 5.06. The second-order valence-corrected chi connectivity index (χ2v) is 6.66. The van der Waals surface area contributed by atoms with Crippen LogP contribution >= 0.6 is 0 Å². The molecule has 5 heteroatoms. The predicted molar refractivity (Wildman–Crippen MR) is 103 cm³/mol. The number of hydrogen-bond acceptors (Lipinski definition) is 3. The van der Waals surface area contributed by atoms with Crippen molar-refractivity contribution in [3.63, 3.8) is 0 Å². The van der Waals surface area contributed by atoms with E-state index in [9.17, 15) is 14.7 Å². The number of Topliss-reactive ketones (excluding diaryl/α,β-unsaturated/α-hetero) is 1. The molecule has 0 saturated carbocycles. The van der Waals surface area contributed by atoms with Crippen molar-refractivity contribution in [1.82, 2.24) is 4.57 Å². The van der Waals surface area contributed by atoms with Gasteiger partial charge in [-0.3, -0.25) is 9.59 Å². The van der Waals surface area contributed by atoms with Crippen molar-refractivity contribution >= 4 is 17.4 Å². The molecule has 0 bridgehead atoms. The Morgan fingerprint density at radius 2 is 1.67 bits per heavy atom. The summed E-state index contributed by atoms with van der Waals surface area (Å²) in [5.74, 6) is -0.707. The van der Waals surface area contributed by atoms with E-state index in [1.165, 1.54) is 4.90 Å². The average molecular weight is 360 g/mol. The van der Waals surface area contributed by atoms with Crippen molar-refractivity contribution in [2.45, 2.75) is 18.9 Å². The molecule has 0 fully saturated rings. The minimum Gasteiger partial charge on any atom is -0.375 e. The van der Waals surface area contributed by atoms with Crippen LogP contribution in [0.1, 0.15) is 29.3 Å². The van der Waals surface area contributed by atoms with Crippen LogP contribution < -0.4 is 4.90 Å². The van der Waals surface area contributed by atoms with Crippen LogP contribution in [0.3, 0.4) is 0 Å². The number of carbonyl (C=O) groups excluding carboxylic acids is 2.